The molecular formula is C11H10N2O2. The van der Waals surface area contributed by atoms with Crippen LogP contribution in [0.4, 0.5) is 0 Å². The van der Waals surface area contributed by atoms with Gasteiger partial charge in [0, 0.05) is 22.1 Å². The zero-order valence-corrected chi connectivity index (χ0v) is 8.30. The summed E-state index contributed by atoms with van der Waals surface area (Å²) in [5.41, 5.74) is 2.42. The maximum atomic E-state index is 10.5. The Morgan fingerprint density at radius 3 is 3.00 bits per heavy atom. The van der Waals surface area contributed by atoms with Crippen LogP contribution in [0.25, 0.3) is 10.9 Å². The summed E-state index contributed by atoms with van der Waals surface area (Å²) in [4.78, 5) is 14.3. The van der Waals surface area contributed by atoms with Crippen LogP contribution >= 0.6 is 0 Å². The first-order valence-electron chi connectivity index (χ1n) is 4.63. The quantitative estimate of drug-likeness (QED) is 0.554. The summed E-state index contributed by atoms with van der Waals surface area (Å²) >= 11 is 0. The summed E-state index contributed by atoms with van der Waals surface area (Å²) < 4.78 is 0. The third kappa shape index (κ3) is 1.93. The fraction of sp³-hybridized carbons (Fsp3) is 0.182. The van der Waals surface area contributed by atoms with Gasteiger partial charge in [-0.3, -0.25) is 15.1 Å². The molecule has 0 aliphatic rings. The first kappa shape index (κ1) is 9.58. The minimum absolute atomic E-state index is 0.171. The molecule has 1 heterocycles. The zero-order valence-electron chi connectivity index (χ0n) is 8.30. The smallest absolute Gasteiger partial charge is 0.231 e. The van der Waals surface area contributed by atoms with Crippen LogP contribution in [0.15, 0.2) is 30.5 Å². The van der Waals surface area contributed by atoms with Gasteiger partial charge >= 0.3 is 0 Å². The van der Waals surface area contributed by atoms with Gasteiger partial charge in [0.25, 0.3) is 0 Å². The molecule has 0 aliphatic carbocycles. The van der Waals surface area contributed by atoms with Gasteiger partial charge in [0.05, 0.1) is 5.52 Å². The van der Waals surface area contributed by atoms with E-state index in [9.17, 15) is 10.1 Å². The Bertz CT molecular complexity index is 523. The fourth-order valence-electron chi connectivity index (χ4n) is 1.69. The predicted molar refractivity (Wildman–Crippen MR) is 57.2 cm³/mol. The van der Waals surface area contributed by atoms with Crippen LogP contribution in [0.1, 0.15) is 11.1 Å². The van der Waals surface area contributed by atoms with Crippen LogP contribution in [-0.2, 0) is 6.54 Å². The molecule has 4 nitrogen and oxygen atoms in total. The van der Waals surface area contributed by atoms with Crippen molar-refractivity contribution in [1.82, 2.24) is 4.98 Å². The van der Waals surface area contributed by atoms with E-state index in [0.29, 0.717) is 5.56 Å². The van der Waals surface area contributed by atoms with Crippen molar-refractivity contribution < 1.29 is 4.92 Å². The van der Waals surface area contributed by atoms with Crippen molar-refractivity contribution in [2.45, 2.75) is 13.5 Å². The SMILES string of the molecule is Cc1cc(C[N+](=O)[O-])c2ncccc2c1. The Morgan fingerprint density at radius 1 is 1.47 bits per heavy atom. The van der Waals surface area contributed by atoms with E-state index in [1.54, 1.807) is 6.20 Å². The molecule has 0 aliphatic heterocycles. The number of nitrogens with zero attached hydrogens (tertiary/aromatic N) is 2. The second-order valence-corrected chi connectivity index (χ2v) is 3.49. The molecule has 0 spiro atoms. The molecule has 1 aromatic heterocycles. The van der Waals surface area contributed by atoms with Gasteiger partial charge in [-0.05, 0) is 30.7 Å². The number of rotatable bonds is 2. The van der Waals surface area contributed by atoms with Crippen LogP contribution in [0.3, 0.4) is 0 Å². The number of fused-ring (bicyclic) bond motifs is 1. The van der Waals surface area contributed by atoms with E-state index < -0.39 is 0 Å². The average Bonchev–Trinajstić information content (AvgIpc) is 2.16. The average molecular weight is 202 g/mol. The zero-order chi connectivity index (χ0) is 10.8. The molecule has 2 aromatic rings. The normalized spacial score (nSPS) is 10.5. The Labute approximate surface area is 86.7 Å². The number of nitro groups is 1. The highest BCUT2D eigenvalue weighted by Crippen LogP contribution is 2.19. The molecule has 0 atom stereocenters. The Hall–Kier alpha value is -1.97. The largest absolute Gasteiger partial charge is 0.264 e. The Balaban J connectivity index is 2.65. The molecule has 1 aromatic carbocycles. The van der Waals surface area contributed by atoms with Crippen molar-refractivity contribution in [3.05, 3.63) is 51.7 Å². The molecule has 0 saturated heterocycles. The van der Waals surface area contributed by atoms with Gasteiger partial charge in [0.2, 0.25) is 6.54 Å². The fourth-order valence-corrected chi connectivity index (χ4v) is 1.69. The summed E-state index contributed by atoms with van der Waals surface area (Å²) in [5, 5.41) is 11.5. The highest BCUT2D eigenvalue weighted by atomic mass is 16.6. The van der Waals surface area contributed by atoms with Crippen molar-refractivity contribution in [3.8, 4) is 0 Å². The van der Waals surface area contributed by atoms with Crippen molar-refractivity contribution in [2.75, 3.05) is 0 Å². The van der Waals surface area contributed by atoms with Crippen molar-refractivity contribution >= 4 is 10.9 Å². The number of aryl methyl sites for hydroxylation is 1. The van der Waals surface area contributed by atoms with Gasteiger partial charge in [-0.1, -0.05) is 6.07 Å². The molecule has 15 heavy (non-hydrogen) atoms. The van der Waals surface area contributed by atoms with E-state index in [1.165, 1.54) is 0 Å². The van der Waals surface area contributed by atoms with E-state index in [1.807, 2.05) is 31.2 Å². The molecular weight excluding hydrogens is 192 g/mol. The summed E-state index contributed by atoms with van der Waals surface area (Å²) in [6, 6.07) is 7.54. The third-order valence-corrected chi connectivity index (χ3v) is 2.23. The Kier molecular flexibility index (Phi) is 2.33. The molecule has 4 heteroatoms. The predicted octanol–water partition coefficient (Wildman–Crippen LogP) is 2.32. The Morgan fingerprint density at radius 2 is 2.27 bits per heavy atom. The van der Waals surface area contributed by atoms with Gasteiger partial charge in [-0.25, -0.2) is 0 Å². The summed E-state index contributed by atoms with van der Waals surface area (Å²) in [6.45, 7) is 1.76. The summed E-state index contributed by atoms with van der Waals surface area (Å²) in [6.07, 6.45) is 1.65. The second kappa shape index (κ2) is 3.65. The molecule has 0 bridgehead atoms. The van der Waals surface area contributed by atoms with E-state index in [4.69, 9.17) is 0 Å². The molecule has 0 saturated carbocycles. The van der Waals surface area contributed by atoms with Crippen LogP contribution in [0.2, 0.25) is 0 Å². The molecule has 0 radical (unpaired) electrons. The molecule has 2 rings (SSSR count). The van der Waals surface area contributed by atoms with Crippen molar-refractivity contribution in [2.24, 2.45) is 0 Å². The van der Waals surface area contributed by atoms with Gasteiger partial charge in [-0.15, -0.1) is 0 Å². The summed E-state index contributed by atoms with van der Waals surface area (Å²) in [7, 11) is 0. The van der Waals surface area contributed by atoms with Gasteiger partial charge in [-0.2, -0.15) is 0 Å². The van der Waals surface area contributed by atoms with Gasteiger partial charge in [0.1, 0.15) is 0 Å². The van der Waals surface area contributed by atoms with Crippen LogP contribution in [0, 0.1) is 17.0 Å². The van der Waals surface area contributed by atoms with E-state index >= 15 is 0 Å². The second-order valence-electron chi connectivity index (χ2n) is 3.49. The number of pyridine rings is 1. The van der Waals surface area contributed by atoms with Crippen LogP contribution in [-0.4, -0.2) is 9.91 Å². The lowest BCUT2D eigenvalue weighted by molar-refractivity contribution is -0.496. The highest BCUT2D eigenvalue weighted by Gasteiger charge is 2.08. The maximum absolute atomic E-state index is 10.5. The van der Waals surface area contributed by atoms with Crippen molar-refractivity contribution in [1.29, 1.82) is 0 Å². The van der Waals surface area contributed by atoms with E-state index in [2.05, 4.69) is 4.98 Å². The lowest BCUT2D eigenvalue weighted by atomic mass is 10.1. The minimum atomic E-state index is -0.330. The molecule has 0 unspecified atom stereocenters. The molecule has 0 amide bonds. The minimum Gasteiger partial charge on any atom is -0.264 e. The number of hydrogen-bond donors (Lipinski definition) is 0. The van der Waals surface area contributed by atoms with Crippen LogP contribution in [0.5, 0.6) is 0 Å². The number of benzene rings is 1. The van der Waals surface area contributed by atoms with Gasteiger partial charge < -0.3 is 0 Å². The van der Waals surface area contributed by atoms with E-state index in [-0.39, 0.29) is 11.5 Å². The third-order valence-electron chi connectivity index (χ3n) is 2.23. The first-order chi connectivity index (χ1) is 7.16. The van der Waals surface area contributed by atoms with Gasteiger partial charge in [0.15, 0.2) is 0 Å². The first-order valence-corrected chi connectivity index (χ1v) is 4.63. The lowest BCUT2D eigenvalue weighted by Gasteiger charge is -2.03. The lowest BCUT2D eigenvalue weighted by Crippen LogP contribution is -2.00. The topological polar surface area (TPSA) is 56.0 Å². The number of aromatic nitrogens is 1. The van der Waals surface area contributed by atoms with E-state index in [0.717, 1.165) is 16.5 Å². The number of hydrogen-bond acceptors (Lipinski definition) is 3. The highest BCUT2D eigenvalue weighted by molar-refractivity contribution is 5.82. The maximum Gasteiger partial charge on any atom is 0.231 e. The molecule has 0 fully saturated rings. The monoisotopic (exact) mass is 202 g/mol. The standard InChI is InChI=1S/C11H10N2O2/c1-8-5-9-3-2-4-12-11(9)10(6-8)7-13(14)15/h2-6H,7H2,1H3. The molecule has 0 N–H and O–H groups in total. The summed E-state index contributed by atoms with van der Waals surface area (Å²) in [5.74, 6) is 0. The molecule has 76 valence electrons. The van der Waals surface area contributed by atoms with Crippen molar-refractivity contribution in [3.63, 3.8) is 0 Å². The van der Waals surface area contributed by atoms with Crippen LogP contribution < -0.4 is 0 Å².